The molecular weight excluding hydrogens is 288 g/mol. The molecule has 0 spiro atoms. The highest BCUT2D eigenvalue weighted by molar-refractivity contribution is 6.03. The number of quaternary nitrogens is 1. The van der Waals surface area contributed by atoms with Gasteiger partial charge >= 0.3 is 5.97 Å². The Morgan fingerprint density at radius 1 is 1.00 bits per heavy atom. The summed E-state index contributed by atoms with van der Waals surface area (Å²) in [5, 5.41) is 12.9. The molecule has 0 aliphatic heterocycles. The van der Waals surface area contributed by atoms with Crippen LogP contribution in [0.25, 0.3) is 21.8 Å². The van der Waals surface area contributed by atoms with Gasteiger partial charge in [0.2, 0.25) is 0 Å². The predicted octanol–water partition coefficient (Wildman–Crippen LogP) is 2.48. The van der Waals surface area contributed by atoms with Gasteiger partial charge in [-0.1, -0.05) is 24.3 Å². The van der Waals surface area contributed by atoms with Crippen LogP contribution in [0.15, 0.2) is 48.5 Å². The lowest BCUT2D eigenvalue weighted by molar-refractivity contribution is -0.567. The number of aliphatic carboxylic acids is 1. The number of fused-ring (bicyclic) bond motifs is 2. The van der Waals surface area contributed by atoms with E-state index in [-0.39, 0.29) is 18.8 Å². The molecule has 108 valence electrons. The van der Waals surface area contributed by atoms with Crippen molar-refractivity contribution in [3.63, 3.8) is 0 Å². The standard InChI is InChI=1S/C16H14N2O2.ClH/c19-15(20)9-10-17-16-11-5-1-3-7-13(11)18-14-8-4-2-6-12(14)16;/h1-8H,9-10H2,(H,17,18)(H,19,20);1H/p+1. The molecule has 3 rings (SSSR count). The summed E-state index contributed by atoms with van der Waals surface area (Å²) in [7, 11) is 0. The van der Waals surface area contributed by atoms with Crippen molar-refractivity contribution < 1.29 is 15.2 Å². The molecular formula is C16H16ClN2O2+. The van der Waals surface area contributed by atoms with E-state index in [0.717, 1.165) is 27.5 Å². The van der Waals surface area contributed by atoms with Crippen molar-refractivity contribution in [3.05, 3.63) is 48.5 Å². The number of carboxylic acid groups (broad SMARTS) is 1. The molecule has 0 amide bonds. The fourth-order valence-corrected chi connectivity index (χ4v) is 2.43. The maximum Gasteiger partial charge on any atom is 0.309 e. The lowest BCUT2D eigenvalue weighted by atomic mass is 10.1. The van der Waals surface area contributed by atoms with E-state index in [4.69, 9.17) is 5.11 Å². The van der Waals surface area contributed by atoms with Crippen molar-refractivity contribution in [2.24, 2.45) is 0 Å². The molecule has 3 N–H and O–H groups in total. The van der Waals surface area contributed by atoms with E-state index < -0.39 is 5.97 Å². The number of carbonyl (C=O) groups is 1. The molecule has 21 heavy (non-hydrogen) atoms. The van der Waals surface area contributed by atoms with Gasteiger partial charge in [-0.15, -0.1) is 12.4 Å². The van der Waals surface area contributed by atoms with Crippen LogP contribution in [0, 0.1) is 0 Å². The largest absolute Gasteiger partial charge is 0.481 e. The highest BCUT2D eigenvalue weighted by atomic mass is 35.5. The molecule has 0 saturated carbocycles. The van der Waals surface area contributed by atoms with E-state index >= 15 is 0 Å². The lowest BCUT2D eigenvalue weighted by Gasteiger charge is -2.08. The van der Waals surface area contributed by atoms with Crippen LogP contribution in [-0.2, 0) is 4.79 Å². The van der Waals surface area contributed by atoms with E-state index in [1.54, 1.807) is 0 Å². The number of carboxylic acids is 1. The third-order valence-corrected chi connectivity index (χ3v) is 3.34. The summed E-state index contributed by atoms with van der Waals surface area (Å²) in [6.45, 7) is 0.521. The topological polar surface area (TPSA) is 66.8 Å². The molecule has 2 aromatic carbocycles. The number of rotatable bonds is 4. The number of nitrogens with two attached hydrogens (primary N) is 1. The summed E-state index contributed by atoms with van der Waals surface area (Å²) in [6.07, 6.45) is 0.144. The molecule has 0 bridgehead atoms. The summed E-state index contributed by atoms with van der Waals surface area (Å²) >= 11 is 0. The van der Waals surface area contributed by atoms with E-state index in [1.165, 1.54) is 0 Å². The first-order chi connectivity index (χ1) is 9.75. The first-order valence-corrected chi connectivity index (χ1v) is 6.58. The van der Waals surface area contributed by atoms with E-state index in [9.17, 15) is 4.79 Å². The Kier molecular flexibility index (Phi) is 4.73. The Hall–Kier alpha value is -2.17. The van der Waals surface area contributed by atoms with Crippen LogP contribution in [0.1, 0.15) is 6.42 Å². The van der Waals surface area contributed by atoms with Crippen molar-refractivity contribution in [2.45, 2.75) is 6.42 Å². The third-order valence-electron chi connectivity index (χ3n) is 3.34. The summed E-state index contributed by atoms with van der Waals surface area (Å²) in [5.74, 6) is -0.774. The Bertz CT molecular complexity index is 735. The molecule has 1 aromatic heterocycles. The predicted molar refractivity (Wildman–Crippen MR) is 85.2 cm³/mol. The average molecular weight is 304 g/mol. The summed E-state index contributed by atoms with van der Waals surface area (Å²) in [6, 6.07) is 15.9. The number of halogens is 1. The van der Waals surface area contributed by atoms with E-state index in [2.05, 4.69) is 4.98 Å². The van der Waals surface area contributed by atoms with Gasteiger partial charge in [-0.3, -0.25) is 4.79 Å². The smallest absolute Gasteiger partial charge is 0.309 e. The summed E-state index contributed by atoms with van der Waals surface area (Å²) < 4.78 is 0. The minimum Gasteiger partial charge on any atom is -0.481 e. The van der Waals surface area contributed by atoms with Gasteiger partial charge in [-0.05, 0) is 24.3 Å². The number of benzene rings is 2. The third kappa shape index (κ3) is 3.12. The second kappa shape index (κ2) is 6.52. The molecule has 0 aliphatic rings. The molecule has 3 aromatic rings. The molecule has 4 nitrogen and oxygen atoms in total. The van der Waals surface area contributed by atoms with Gasteiger partial charge in [0.15, 0.2) is 0 Å². The van der Waals surface area contributed by atoms with Crippen LogP contribution < -0.4 is 5.32 Å². The minimum atomic E-state index is -0.774. The molecule has 0 saturated heterocycles. The number of hydrogen-bond donors (Lipinski definition) is 2. The average Bonchev–Trinajstić information content (AvgIpc) is 2.46. The number of para-hydroxylation sites is 2. The van der Waals surface area contributed by atoms with Gasteiger partial charge in [0.05, 0.1) is 34.8 Å². The van der Waals surface area contributed by atoms with Crippen LogP contribution >= 0.6 is 12.4 Å². The fraction of sp³-hybridized carbons (Fsp3) is 0.125. The second-order valence-electron chi connectivity index (χ2n) is 4.70. The lowest BCUT2D eigenvalue weighted by Crippen LogP contribution is -2.78. The first kappa shape index (κ1) is 15.2. The monoisotopic (exact) mass is 303 g/mol. The van der Waals surface area contributed by atoms with Gasteiger partial charge in [0.1, 0.15) is 5.69 Å². The van der Waals surface area contributed by atoms with Gasteiger partial charge < -0.3 is 10.4 Å². The molecule has 0 atom stereocenters. The quantitative estimate of drug-likeness (QED) is 0.728. The van der Waals surface area contributed by atoms with Crippen LogP contribution in [0.5, 0.6) is 0 Å². The molecule has 1 heterocycles. The Morgan fingerprint density at radius 3 is 2.05 bits per heavy atom. The number of aromatic nitrogens is 1. The maximum atomic E-state index is 10.7. The molecule has 0 radical (unpaired) electrons. The highest BCUT2D eigenvalue weighted by Gasteiger charge is 2.12. The van der Waals surface area contributed by atoms with Gasteiger partial charge in [-0.2, -0.15) is 0 Å². The zero-order chi connectivity index (χ0) is 13.9. The van der Waals surface area contributed by atoms with Gasteiger partial charge in [0.25, 0.3) is 0 Å². The van der Waals surface area contributed by atoms with Crippen LogP contribution in [0.2, 0.25) is 0 Å². The summed E-state index contributed by atoms with van der Waals surface area (Å²) in [4.78, 5) is 15.3. The van der Waals surface area contributed by atoms with Crippen LogP contribution in [0.3, 0.4) is 0 Å². The van der Waals surface area contributed by atoms with Crippen LogP contribution in [-0.4, -0.2) is 22.6 Å². The minimum absolute atomic E-state index is 0. The summed E-state index contributed by atoms with van der Waals surface area (Å²) in [5.41, 5.74) is 2.95. The molecule has 0 aliphatic carbocycles. The van der Waals surface area contributed by atoms with Crippen molar-refractivity contribution in [3.8, 4) is 0 Å². The van der Waals surface area contributed by atoms with Crippen molar-refractivity contribution in [1.29, 1.82) is 0 Å². The number of nitrogens with zero attached hydrogens (tertiary/aromatic N) is 1. The zero-order valence-corrected chi connectivity index (χ0v) is 12.1. The highest BCUT2D eigenvalue weighted by Crippen LogP contribution is 2.26. The normalized spacial score (nSPS) is 10.5. The van der Waals surface area contributed by atoms with Gasteiger partial charge in [0, 0.05) is 0 Å². The Morgan fingerprint density at radius 2 is 1.52 bits per heavy atom. The van der Waals surface area contributed by atoms with E-state index in [0.29, 0.717) is 6.54 Å². The SMILES string of the molecule is Cl.O=C(O)CC[NH2+]c1c2ccccc2nc2ccccc12. The Labute approximate surface area is 128 Å². The molecule has 0 fully saturated rings. The number of pyridine rings is 1. The van der Waals surface area contributed by atoms with Crippen molar-refractivity contribution >= 4 is 45.9 Å². The van der Waals surface area contributed by atoms with Crippen molar-refractivity contribution in [1.82, 2.24) is 4.98 Å². The van der Waals surface area contributed by atoms with E-state index in [1.807, 2.05) is 53.8 Å². The van der Waals surface area contributed by atoms with Gasteiger partial charge in [-0.25, -0.2) is 4.98 Å². The second-order valence-corrected chi connectivity index (χ2v) is 4.70. The first-order valence-electron chi connectivity index (χ1n) is 6.58. The fourth-order valence-electron chi connectivity index (χ4n) is 2.43. The maximum absolute atomic E-state index is 10.7. The van der Waals surface area contributed by atoms with Crippen molar-refractivity contribution in [2.75, 3.05) is 6.54 Å². The zero-order valence-electron chi connectivity index (χ0n) is 11.3. The number of hydrogen-bond acceptors (Lipinski definition) is 2. The van der Waals surface area contributed by atoms with Crippen LogP contribution in [0.4, 0.5) is 5.69 Å². The molecule has 0 unspecified atom stereocenters. The Balaban J connectivity index is 0.00000161. The molecule has 5 heteroatoms.